The zero-order chi connectivity index (χ0) is 13.9. The number of Topliss-reactive ketones (excluding diaryl/α,β-unsaturated/α-hetero) is 1. The van der Waals surface area contributed by atoms with Crippen LogP contribution in [0.5, 0.6) is 0 Å². The van der Waals surface area contributed by atoms with Crippen LogP contribution in [0.25, 0.3) is 0 Å². The Hall–Kier alpha value is -1.94. The monoisotopic (exact) mass is 272 g/mol. The van der Waals surface area contributed by atoms with Gasteiger partial charge in [0.05, 0.1) is 6.07 Å². The molecule has 0 aliphatic carbocycles. The average Bonchev–Trinajstić information content (AvgIpc) is 2.23. The van der Waals surface area contributed by atoms with Crippen LogP contribution in [0.15, 0.2) is 12.1 Å². The van der Waals surface area contributed by atoms with Crippen LogP contribution < -0.4 is 5.32 Å². The summed E-state index contributed by atoms with van der Waals surface area (Å²) in [6, 6.07) is 2.52. The second-order valence-electron chi connectivity index (χ2n) is 3.41. The number of anilines is 1. The van der Waals surface area contributed by atoms with Crippen LogP contribution in [0, 0.1) is 34.7 Å². The molecule has 0 heterocycles. The van der Waals surface area contributed by atoms with Gasteiger partial charge in [0, 0.05) is 12.1 Å². The molecule has 7 heteroatoms. The van der Waals surface area contributed by atoms with E-state index in [4.69, 9.17) is 17.5 Å². The van der Waals surface area contributed by atoms with Gasteiger partial charge in [-0.25, -0.2) is 13.2 Å². The number of halogens is 3. The summed E-state index contributed by atoms with van der Waals surface area (Å²) in [6.45, 7) is 1.12. The van der Waals surface area contributed by atoms with E-state index in [1.165, 1.54) is 0 Å². The molecule has 0 bridgehead atoms. The molecule has 1 aromatic rings. The van der Waals surface area contributed by atoms with Gasteiger partial charge in [-0.1, -0.05) is 12.2 Å². The Balaban J connectivity index is 3.03. The highest BCUT2D eigenvalue weighted by atomic mass is 32.1. The van der Waals surface area contributed by atoms with Gasteiger partial charge in [-0.3, -0.25) is 4.79 Å². The zero-order valence-corrected chi connectivity index (χ0v) is 9.95. The third kappa shape index (κ3) is 3.05. The molecule has 0 aliphatic rings. The van der Waals surface area contributed by atoms with Gasteiger partial charge in [-0.15, -0.1) is 0 Å². The van der Waals surface area contributed by atoms with Crippen molar-refractivity contribution >= 4 is 28.7 Å². The lowest BCUT2D eigenvalue weighted by Crippen LogP contribution is -2.26. The number of nitriles is 1. The van der Waals surface area contributed by atoms with Crippen molar-refractivity contribution in [3.8, 4) is 6.07 Å². The number of rotatable bonds is 3. The van der Waals surface area contributed by atoms with Gasteiger partial charge < -0.3 is 5.32 Å². The standard InChI is InChI=1S/C11H7F3N2OS/c1-5(17)7(4-15)11(18)16-10-8(13)2-6(12)3-9(10)14/h2-3,7H,1H3,(H,16,18). The maximum absolute atomic E-state index is 13.3. The Morgan fingerprint density at radius 2 is 1.89 bits per heavy atom. The van der Waals surface area contributed by atoms with Gasteiger partial charge in [-0.2, -0.15) is 5.26 Å². The Labute approximate surface area is 106 Å². The molecule has 1 rings (SSSR count). The minimum absolute atomic E-state index is 0.339. The number of nitrogens with zero attached hydrogens (tertiary/aromatic N) is 1. The molecular weight excluding hydrogens is 265 g/mol. The number of hydrogen-bond acceptors (Lipinski definition) is 3. The van der Waals surface area contributed by atoms with Gasteiger partial charge >= 0.3 is 0 Å². The molecule has 0 saturated heterocycles. The van der Waals surface area contributed by atoms with E-state index in [0.717, 1.165) is 6.92 Å². The Kier molecular flexibility index (Phi) is 4.39. The fraction of sp³-hybridized carbons (Fsp3) is 0.182. The van der Waals surface area contributed by atoms with Crippen LogP contribution in [-0.2, 0) is 4.79 Å². The number of benzene rings is 1. The summed E-state index contributed by atoms with van der Waals surface area (Å²) < 4.78 is 39.2. The van der Waals surface area contributed by atoms with E-state index in [0.29, 0.717) is 12.1 Å². The fourth-order valence-corrected chi connectivity index (χ4v) is 1.51. The van der Waals surface area contributed by atoms with Crippen LogP contribution in [0.3, 0.4) is 0 Å². The van der Waals surface area contributed by atoms with Gasteiger partial charge in [0.15, 0.2) is 23.3 Å². The smallest absolute Gasteiger partial charge is 0.155 e. The van der Waals surface area contributed by atoms with Crippen LogP contribution >= 0.6 is 12.2 Å². The van der Waals surface area contributed by atoms with E-state index in [9.17, 15) is 18.0 Å². The van der Waals surface area contributed by atoms with E-state index in [1.54, 1.807) is 6.07 Å². The van der Waals surface area contributed by atoms with E-state index >= 15 is 0 Å². The van der Waals surface area contributed by atoms with Crippen LogP contribution in [-0.4, -0.2) is 10.8 Å². The largest absolute Gasteiger partial charge is 0.344 e. The average molecular weight is 272 g/mol. The predicted molar refractivity (Wildman–Crippen MR) is 62.3 cm³/mol. The molecule has 0 spiro atoms. The molecule has 0 radical (unpaired) electrons. The molecule has 18 heavy (non-hydrogen) atoms. The molecule has 0 aromatic heterocycles. The molecule has 1 N–H and O–H groups in total. The van der Waals surface area contributed by atoms with Gasteiger partial charge in [0.25, 0.3) is 0 Å². The van der Waals surface area contributed by atoms with Crippen molar-refractivity contribution < 1.29 is 18.0 Å². The SMILES string of the molecule is CC(=O)C(C#N)C(=S)Nc1c(F)cc(F)cc1F. The normalized spacial score (nSPS) is 11.5. The maximum Gasteiger partial charge on any atom is 0.155 e. The van der Waals surface area contributed by atoms with Crippen molar-refractivity contribution in [3.05, 3.63) is 29.6 Å². The highest BCUT2D eigenvalue weighted by Crippen LogP contribution is 2.21. The summed E-state index contributed by atoms with van der Waals surface area (Å²) in [5.41, 5.74) is -0.692. The Morgan fingerprint density at radius 1 is 1.39 bits per heavy atom. The lowest BCUT2D eigenvalue weighted by Gasteiger charge is -2.12. The molecule has 0 saturated carbocycles. The topological polar surface area (TPSA) is 52.9 Å². The first-order valence-electron chi connectivity index (χ1n) is 4.72. The first-order valence-corrected chi connectivity index (χ1v) is 5.13. The highest BCUT2D eigenvalue weighted by molar-refractivity contribution is 7.80. The molecule has 1 aromatic carbocycles. The maximum atomic E-state index is 13.3. The second-order valence-corrected chi connectivity index (χ2v) is 3.85. The number of hydrogen-bond donors (Lipinski definition) is 1. The molecule has 94 valence electrons. The summed E-state index contributed by atoms with van der Waals surface area (Å²) in [5, 5.41) is 10.8. The van der Waals surface area contributed by atoms with Gasteiger partial charge in [0.2, 0.25) is 0 Å². The quantitative estimate of drug-likeness (QED) is 0.859. The lowest BCUT2D eigenvalue weighted by atomic mass is 10.1. The molecule has 1 atom stereocenters. The number of carbonyl (C=O) groups is 1. The minimum atomic E-state index is -1.30. The van der Waals surface area contributed by atoms with Crippen LogP contribution in [0.4, 0.5) is 18.9 Å². The Bertz CT molecular complexity index is 531. The third-order valence-corrected chi connectivity index (χ3v) is 2.39. The number of ketones is 1. The first-order chi connectivity index (χ1) is 8.36. The molecule has 0 aliphatic heterocycles. The van der Waals surface area contributed by atoms with Crippen molar-refractivity contribution in [1.29, 1.82) is 5.26 Å². The summed E-state index contributed by atoms with van der Waals surface area (Å²) in [6.07, 6.45) is 0. The van der Waals surface area contributed by atoms with Crippen molar-refractivity contribution in [2.24, 2.45) is 5.92 Å². The lowest BCUT2D eigenvalue weighted by molar-refractivity contribution is -0.117. The number of nitrogens with one attached hydrogen (secondary N) is 1. The Morgan fingerprint density at radius 3 is 2.28 bits per heavy atom. The van der Waals surface area contributed by atoms with E-state index < -0.39 is 34.8 Å². The third-order valence-electron chi connectivity index (χ3n) is 2.05. The van der Waals surface area contributed by atoms with Gasteiger partial charge in [0.1, 0.15) is 16.5 Å². The summed E-state index contributed by atoms with van der Waals surface area (Å²) in [4.78, 5) is 10.7. The second kappa shape index (κ2) is 5.60. The van der Waals surface area contributed by atoms with Crippen molar-refractivity contribution in [1.82, 2.24) is 0 Å². The zero-order valence-electron chi connectivity index (χ0n) is 9.13. The van der Waals surface area contributed by atoms with Crippen LogP contribution in [0.2, 0.25) is 0 Å². The van der Waals surface area contributed by atoms with Crippen molar-refractivity contribution in [2.75, 3.05) is 5.32 Å². The first kappa shape index (κ1) is 14.1. The molecule has 0 fully saturated rings. The minimum Gasteiger partial charge on any atom is -0.344 e. The van der Waals surface area contributed by atoms with E-state index in [-0.39, 0.29) is 4.99 Å². The van der Waals surface area contributed by atoms with E-state index in [1.807, 2.05) is 0 Å². The number of thiocarbonyl (C=S) groups is 1. The highest BCUT2D eigenvalue weighted by Gasteiger charge is 2.21. The predicted octanol–water partition coefficient (Wildman–Crippen LogP) is 2.57. The number of carbonyl (C=O) groups excluding carboxylic acids is 1. The van der Waals surface area contributed by atoms with Crippen molar-refractivity contribution in [3.63, 3.8) is 0 Å². The molecule has 3 nitrogen and oxygen atoms in total. The summed E-state index contributed by atoms with van der Waals surface area (Å²) in [7, 11) is 0. The molecular formula is C11H7F3N2OS. The van der Waals surface area contributed by atoms with Crippen molar-refractivity contribution in [2.45, 2.75) is 6.92 Å². The summed E-state index contributed by atoms with van der Waals surface area (Å²) in [5.74, 6) is -5.34. The van der Waals surface area contributed by atoms with Gasteiger partial charge in [-0.05, 0) is 6.92 Å². The van der Waals surface area contributed by atoms with E-state index in [2.05, 4.69) is 5.32 Å². The fourth-order valence-electron chi connectivity index (χ4n) is 1.19. The molecule has 1 unspecified atom stereocenters. The molecule has 0 amide bonds. The van der Waals surface area contributed by atoms with Crippen LogP contribution in [0.1, 0.15) is 6.92 Å². The summed E-state index contributed by atoms with van der Waals surface area (Å²) >= 11 is 4.70.